The highest BCUT2D eigenvalue weighted by molar-refractivity contribution is 9.11. The first kappa shape index (κ1) is 14.5. The van der Waals surface area contributed by atoms with Crippen LogP contribution in [0.25, 0.3) is 0 Å². The predicted octanol–water partition coefficient (Wildman–Crippen LogP) is 4.30. The van der Waals surface area contributed by atoms with E-state index in [4.69, 9.17) is 0 Å². The number of hydrogen-bond donors (Lipinski definition) is 1. The molecule has 0 radical (unpaired) electrons. The van der Waals surface area contributed by atoms with Gasteiger partial charge in [-0.15, -0.1) is 0 Å². The molecule has 4 nitrogen and oxygen atoms in total. The molecule has 2 aromatic rings. The van der Waals surface area contributed by atoms with Crippen molar-refractivity contribution in [1.29, 1.82) is 0 Å². The van der Waals surface area contributed by atoms with Crippen LogP contribution in [-0.4, -0.2) is 14.8 Å². The third-order valence-corrected chi connectivity index (χ3v) is 4.00. The Hall–Kier alpha value is -0.880. The van der Waals surface area contributed by atoms with E-state index >= 15 is 0 Å². The molecule has 0 amide bonds. The largest absolute Gasteiger partial charge is 0.376 e. The van der Waals surface area contributed by atoms with Crippen LogP contribution in [0, 0.1) is 6.92 Å². The minimum atomic E-state index is 0.309. The minimum absolute atomic E-state index is 0.309. The van der Waals surface area contributed by atoms with Crippen molar-refractivity contribution in [3.63, 3.8) is 0 Å². The van der Waals surface area contributed by atoms with Crippen LogP contribution in [0.5, 0.6) is 0 Å². The van der Waals surface area contributed by atoms with E-state index in [0.29, 0.717) is 12.6 Å². The quantitative estimate of drug-likeness (QED) is 0.850. The van der Waals surface area contributed by atoms with Crippen LogP contribution >= 0.6 is 31.9 Å². The number of benzene rings is 1. The molecule has 0 unspecified atom stereocenters. The number of nitrogens with one attached hydrogen (secondary N) is 1. The fourth-order valence-corrected chi connectivity index (χ4v) is 3.56. The fraction of sp³-hybridized carbons (Fsp3) is 0.385. The molecule has 1 N–H and O–H groups in total. The molecule has 0 aliphatic rings. The van der Waals surface area contributed by atoms with Gasteiger partial charge in [-0.25, -0.2) is 9.67 Å². The topological polar surface area (TPSA) is 42.7 Å². The summed E-state index contributed by atoms with van der Waals surface area (Å²) >= 11 is 7.15. The summed E-state index contributed by atoms with van der Waals surface area (Å²) in [6.07, 6.45) is 1.59. The summed E-state index contributed by atoms with van der Waals surface area (Å²) in [5, 5.41) is 7.62. The maximum atomic E-state index is 4.29. The Balaban J connectivity index is 2.17. The highest BCUT2D eigenvalue weighted by Gasteiger charge is 2.10. The minimum Gasteiger partial charge on any atom is -0.376 e. The van der Waals surface area contributed by atoms with Gasteiger partial charge in [-0.2, -0.15) is 5.10 Å². The zero-order valence-electron chi connectivity index (χ0n) is 11.1. The van der Waals surface area contributed by atoms with Gasteiger partial charge in [0.2, 0.25) is 0 Å². The van der Waals surface area contributed by atoms with Crippen LogP contribution in [0.2, 0.25) is 0 Å². The molecule has 1 aromatic heterocycles. The van der Waals surface area contributed by atoms with E-state index in [2.05, 4.69) is 80.2 Å². The third-order valence-electron chi connectivity index (χ3n) is 2.75. The van der Waals surface area contributed by atoms with Gasteiger partial charge in [0, 0.05) is 15.0 Å². The monoisotopic (exact) mass is 386 g/mol. The zero-order chi connectivity index (χ0) is 14.0. The van der Waals surface area contributed by atoms with E-state index in [-0.39, 0.29) is 0 Å². The van der Waals surface area contributed by atoms with Crippen molar-refractivity contribution < 1.29 is 0 Å². The molecule has 0 aliphatic heterocycles. The lowest BCUT2D eigenvalue weighted by atomic mass is 10.2. The van der Waals surface area contributed by atoms with E-state index in [1.165, 1.54) is 5.56 Å². The summed E-state index contributed by atoms with van der Waals surface area (Å²) in [5.74, 6) is 0.925. The first-order valence-corrected chi connectivity index (χ1v) is 7.65. The molecule has 102 valence electrons. The summed E-state index contributed by atoms with van der Waals surface area (Å²) < 4.78 is 3.99. The fourth-order valence-electron chi connectivity index (χ4n) is 1.87. The van der Waals surface area contributed by atoms with E-state index in [1.54, 1.807) is 6.33 Å². The Labute approximate surface area is 129 Å². The molecule has 1 aromatic carbocycles. The zero-order valence-corrected chi connectivity index (χ0v) is 14.3. The van der Waals surface area contributed by atoms with Crippen LogP contribution in [0.4, 0.5) is 5.69 Å². The van der Waals surface area contributed by atoms with Crippen molar-refractivity contribution in [2.75, 3.05) is 5.32 Å². The molecule has 6 heteroatoms. The Morgan fingerprint density at radius 2 is 1.89 bits per heavy atom. The normalized spacial score (nSPS) is 11.1. The molecule has 0 atom stereocenters. The van der Waals surface area contributed by atoms with E-state index in [9.17, 15) is 0 Å². The van der Waals surface area contributed by atoms with Gasteiger partial charge >= 0.3 is 0 Å². The van der Waals surface area contributed by atoms with Gasteiger partial charge in [-0.05, 0) is 70.3 Å². The van der Waals surface area contributed by atoms with Crippen molar-refractivity contribution >= 4 is 37.5 Å². The number of nitrogens with zero attached hydrogens (tertiary/aromatic N) is 3. The molecule has 0 saturated carbocycles. The highest BCUT2D eigenvalue weighted by atomic mass is 79.9. The number of anilines is 1. The highest BCUT2D eigenvalue weighted by Crippen LogP contribution is 2.32. The van der Waals surface area contributed by atoms with Crippen molar-refractivity contribution in [2.24, 2.45) is 0 Å². The van der Waals surface area contributed by atoms with Crippen molar-refractivity contribution in [3.05, 3.63) is 38.8 Å². The molecule has 0 bridgehead atoms. The first-order chi connectivity index (χ1) is 8.99. The molecule has 19 heavy (non-hydrogen) atoms. The molecular weight excluding hydrogens is 372 g/mol. The SMILES string of the molecule is Cc1cc(Br)c(NCc2ncnn2C(C)C)c(Br)c1. The number of rotatable bonds is 4. The van der Waals surface area contributed by atoms with Gasteiger partial charge in [0.1, 0.15) is 12.2 Å². The van der Waals surface area contributed by atoms with Crippen LogP contribution in [0.15, 0.2) is 27.4 Å². The summed E-state index contributed by atoms with van der Waals surface area (Å²) in [5.41, 5.74) is 2.23. The van der Waals surface area contributed by atoms with Crippen LogP contribution in [-0.2, 0) is 6.54 Å². The molecule has 0 aliphatic carbocycles. The second kappa shape index (κ2) is 6.05. The standard InChI is InChI=1S/C13H16Br2N4/c1-8(2)19-12(17-7-18-19)6-16-13-10(14)4-9(3)5-11(13)15/h4-5,7-8,16H,6H2,1-3H3. The average Bonchev–Trinajstić information content (AvgIpc) is 2.75. The van der Waals surface area contributed by atoms with Gasteiger partial charge in [0.05, 0.1) is 12.2 Å². The Bertz CT molecular complexity index is 555. The summed E-state index contributed by atoms with van der Waals surface area (Å²) in [6, 6.07) is 4.48. The van der Waals surface area contributed by atoms with Gasteiger partial charge in [0.25, 0.3) is 0 Å². The smallest absolute Gasteiger partial charge is 0.146 e. The lowest BCUT2D eigenvalue weighted by Crippen LogP contribution is -2.12. The molecule has 0 fully saturated rings. The Morgan fingerprint density at radius 1 is 1.26 bits per heavy atom. The van der Waals surface area contributed by atoms with Crippen LogP contribution < -0.4 is 5.32 Å². The second-order valence-electron chi connectivity index (χ2n) is 4.67. The lowest BCUT2D eigenvalue weighted by Gasteiger charge is -2.13. The first-order valence-electron chi connectivity index (χ1n) is 6.07. The summed E-state index contributed by atoms with van der Waals surface area (Å²) in [7, 11) is 0. The Morgan fingerprint density at radius 3 is 2.47 bits per heavy atom. The maximum Gasteiger partial charge on any atom is 0.146 e. The van der Waals surface area contributed by atoms with Crippen LogP contribution in [0.1, 0.15) is 31.3 Å². The van der Waals surface area contributed by atoms with E-state index < -0.39 is 0 Å². The summed E-state index contributed by atoms with van der Waals surface area (Å²) in [4.78, 5) is 4.29. The Kier molecular flexibility index (Phi) is 4.62. The molecule has 1 heterocycles. The number of hydrogen-bond acceptors (Lipinski definition) is 3. The molecule has 0 spiro atoms. The van der Waals surface area contributed by atoms with Gasteiger partial charge in [-0.3, -0.25) is 0 Å². The number of halogens is 2. The van der Waals surface area contributed by atoms with Crippen molar-refractivity contribution in [2.45, 2.75) is 33.4 Å². The van der Waals surface area contributed by atoms with Gasteiger partial charge in [0.15, 0.2) is 0 Å². The van der Waals surface area contributed by atoms with Gasteiger partial charge in [-0.1, -0.05) is 0 Å². The number of aromatic nitrogens is 3. The lowest BCUT2D eigenvalue weighted by molar-refractivity contribution is 0.509. The number of aryl methyl sites for hydroxylation is 1. The summed E-state index contributed by atoms with van der Waals surface area (Å²) in [6.45, 7) is 6.89. The molecular formula is C13H16Br2N4. The third kappa shape index (κ3) is 3.36. The van der Waals surface area contributed by atoms with E-state index in [0.717, 1.165) is 20.5 Å². The molecule has 2 rings (SSSR count). The van der Waals surface area contributed by atoms with Crippen molar-refractivity contribution in [1.82, 2.24) is 14.8 Å². The average molecular weight is 388 g/mol. The van der Waals surface area contributed by atoms with Gasteiger partial charge < -0.3 is 5.32 Å². The second-order valence-corrected chi connectivity index (χ2v) is 6.38. The predicted molar refractivity (Wildman–Crippen MR) is 84.3 cm³/mol. The molecule has 0 saturated heterocycles. The van der Waals surface area contributed by atoms with Crippen LogP contribution in [0.3, 0.4) is 0 Å². The van der Waals surface area contributed by atoms with E-state index in [1.807, 2.05) is 4.68 Å². The maximum absolute atomic E-state index is 4.29. The van der Waals surface area contributed by atoms with Crippen molar-refractivity contribution in [3.8, 4) is 0 Å².